The van der Waals surface area contributed by atoms with Crippen molar-refractivity contribution in [2.45, 2.75) is 45.8 Å². The summed E-state index contributed by atoms with van der Waals surface area (Å²) in [6, 6.07) is 9.22. The molecule has 2 aromatic carbocycles. The van der Waals surface area contributed by atoms with Crippen LogP contribution in [0.25, 0.3) is 32.8 Å². The van der Waals surface area contributed by atoms with Gasteiger partial charge in [0.2, 0.25) is 0 Å². The first-order chi connectivity index (χ1) is 16.2. The van der Waals surface area contributed by atoms with Crippen molar-refractivity contribution in [3.05, 3.63) is 45.9 Å². The maximum Gasteiger partial charge on any atom is 0.199 e. The van der Waals surface area contributed by atoms with Crippen LogP contribution in [0, 0.1) is 17.1 Å². The molecule has 2 N–H and O–H groups in total. The van der Waals surface area contributed by atoms with Crippen molar-refractivity contribution in [3.63, 3.8) is 0 Å². The van der Waals surface area contributed by atoms with Gasteiger partial charge in [0.1, 0.15) is 17.1 Å². The van der Waals surface area contributed by atoms with Crippen LogP contribution in [0.4, 0.5) is 10.1 Å². The highest BCUT2D eigenvalue weighted by atomic mass is 19.1. The number of aromatic nitrogens is 2. The number of ether oxygens (including phenoxy) is 1. The van der Waals surface area contributed by atoms with Crippen LogP contribution in [0.1, 0.15) is 39.3 Å². The first kappa shape index (κ1) is 22.2. The molecule has 2 atom stereocenters. The molecule has 4 aromatic rings. The number of nitrogens with zero attached hydrogens (tertiary/aromatic N) is 3. The van der Waals surface area contributed by atoms with E-state index in [4.69, 9.17) is 4.74 Å². The van der Waals surface area contributed by atoms with Crippen LogP contribution in [0.5, 0.6) is 5.75 Å². The van der Waals surface area contributed by atoms with Crippen LogP contribution in [0.3, 0.4) is 0 Å². The Morgan fingerprint density at radius 2 is 1.88 bits per heavy atom. The highest BCUT2D eigenvalue weighted by Gasteiger charge is 2.30. The molecule has 1 aliphatic heterocycles. The summed E-state index contributed by atoms with van der Waals surface area (Å²) in [7, 11) is 1.51. The number of benzene rings is 2. The fourth-order valence-electron chi connectivity index (χ4n) is 5.40. The SMILES string of the molecule is COc1cc2c(=O)c3c4ccc(C#N)cc4[nH]c3n(C(C)C)c2c(F)c1N1C[C@@H](C)N[C@@H](C)C1. The molecule has 1 fully saturated rings. The van der Waals surface area contributed by atoms with E-state index in [0.717, 1.165) is 0 Å². The molecule has 0 amide bonds. The molecule has 0 bridgehead atoms. The lowest BCUT2D eigenvalue weighted by molar-refractivity contribution is 0.386. The van der Waals surface area contributed by atoms with E-state index in [2.05, 4.69) is 30.2 Å². The van der Waals surface area contributed by atoms with Gasteiger partial charge in [0, 0.05) is 42.1 Å². The van der Waals surface area contributed by atoms with Crippen molar-refractivity contribution >= 4 is 38.5 Å². The highest BCUT2D eigenvalue weighted by molar-refractivity contribution is 6.10. The van der Waals surface area contributed by atoms with Gasteiger partial charge in [-0.3, -0.25) is 4.79 Å². The van der Waals surface area contributed by atoms with Crippen molar-refractivity contribution in [2.75, 3.05) is 25.1 Å². The number of anilines is 1. The number of fused-ring (bicyclic) bond motifs is 4. The van der Waals surface area contributed by atoms with Gasteiger partial charge in [-0.1, -0.05) is 6.07 Å². The third-order valence-corrected chi connectivity index (χ3v) is 6.65. The molecular formula is C26H28FN5O2. The van der Waals surface area contributed by atoms with Crippen molar-refractivity contribution in [3.8, 4) is 11.8 Å². The number of nitrogens with one attached hydrogen (secondary N) is 2. The molecule has 0 saturated carbocycles. The van der Waals surface area contributed by atoms with Gasteiger partial charge in [0.25, 0.3) is 0 Å². The smallest absolute Gasteiger partial charge is 0.199 e. The Bertz CT molecular complexity index is 1540. The maximum atomic E-state index is 16.5. The van der Waals surface area contributed by atoms with Crippen molar-refractivity contribution in [1.29, 1.82) is 5.26 Å². The van der Waals surface area contributed by atoms with E-state index in [1.165, 1.54) is 7.11 Å². The van der Waals surface area contributed by atoms with Crippen LogP contribution in [-0.4, -0.2) is 41.8 Å². The van der Waals surface area contributed by atoms with Crippen LogP contribution in [0.2, 0.25) is 0 Å². The molecular weight excluding hydrogens is 433 g/mol. The fraction of sp³-hybridized carbons (Fsp3) is 0.385. The average molecular weight is 462 g/mol. The molecule has 2 aromatic heterocycles. The molecule has 1 saturated heterocycles. The standard InChI is InChI=1S/C26H28FN5O2/c1-13(2)32-23-18(25(33)21-17-7-6-16(10-28)8-19(17)30-26(21)32)9-20(34-5)24(22(23)27)31-11-14(3)29-15(4)12-31/h6-9,13-15,29-30H,11-12H2,1-5H3/t14-,15+. The van der Waals surface area contributed by atoms with E-state index in [0.29, 0.717) is 52.0 Å². The number of hydrogen-bond donors (Lipinski definition) is 2. The van der Waals surface area contributed by atoms with E-state index >= 15 is 4.39 Å². The van der Waals surface area contributed by atoms with Crippen LogP contribution in [-0.2, 0) is 0 Å². The van der Waals surface area contributed by atoms with Crippen LogP contribution >= 0.6 is 0 Å². The molecule has 0 spiro atoms. The maximum absolute atomic E-state index is 16.5. The highest BCUT2D eigenvalue weighted by Crippen LogP contribution is 2.39. The van der Waals surface area contributed by atoms with Crippen molar-refractivity contribution in [2.24, 2.45) is 0 Å². The fourth-order valence-corrected chi connectivity index (χ4v) is 5.40. The average Bonchev–Trinajstić information content (AvgIpc) is 3.16. The molecule has 1 aliphatic rings. The first-order valence-corrected chi connectivity index (χ1v) is 11.6. The van der Waals surface area contributed by atoms with Gasteiger partial charge in [-0.15, -0.1) is 0 Å². The monoisotopic (exact) mass is 461 g/mol. The molecule has 3 heterocycles. The number of aromatic amines is 1. The van der Waals surface area contributed by atoms with Gasteiger partial charge in [0.05, 0.1) is 35.0 Å². The zero-order valence-corrected chi connectivity index (χ0v) is 20.0. The van der Waals surface area contributed by atoms with E-state index in [1.54, 1.807) is 24.3 Å². The number of nitriles is 1. The van der Waals surface area contributed by atoms with Gasteiger partial charge in [-0.05, 0) is 45.9 Å². The van der Waals surface area contributed by atoms with Gasteiger partial charge in [-0.2, -0.15) is 5.26 Å². The number of rotatable bonds is 3. The Kier molecular flexibility index (Phi) is 5.25. The summed E-state index contributed by atoms with van der Waals surface area (Å²) in [5, 5.41) is 14.3. The number of hydrogen-bond acceptors (Lipinski definition) is 5. The summed E-state index contributed by atoms with van der Waals surface area (Å²) >= 11 is 0. The Balaban J connectivity index is 1.92. The predicted octanol–water partition coefficient (Wildman–Crippen LogP) is 4.42. The van der Waals surface area contributed by atoms with Crippen LogP contribution < -0.4 is 20.4 Å². The number of piperazine rings is 1. The predicted molar refractivity (Wildman–Crippen MR) is 133 cm³/mol. The summed E-state index contributed by atoms with van der Waals surface area (Å²) in [5.74, 6) is -0.107. The Morgan fingerprint density at radius 3 is 2.50 bits per heavy atom. The zero-order chi connectivity index (χ0) is 24.3. The van der Waals surface area contributed by atoms with Crippen LogP contribution in [0.15, 0.2) is 29.1 Å². The second-order valence-corrected chi connectivity index (χ2v) is 9.52. The molecule has 34 heavy (non-hydrogen) atoms. The first-order valence-electron chi connectivity index (χ1n) is 11.6. The lowest BCUT2D eigenvalue weighted by atomic mass is 10.0. The minimum Gasteiger partial charge on any atom is -0.494 e. The number of halogens is 1. The molecule has 0 aliphatic carbocycles. The topological polar surface area (TPSA) is 86.1 Å². The van der Waals surface area contributed by atoms with Gasteiger partial charge >= 0.3 is 0 Å². The Hall–Kier alpha value is -3.57. The van der Waals surface area contributed by atoms with Gasteiger partial charge < -0.3 is 24.5 Å². The number of H-pyrrole nitrogens is 1. The van der Waals surface area contributed by atoms with Gasteiger partial charge in [-0.25, -0.2) is 4.39 Å². The normalized spacial score (nSPS) is 18.8. The summed E-state index contributed by atoms with van der Waals surface area (Å²) in [5.41, 5.74) is 2.09. The third kappa shape index (κ3) is 3.23. The lowest BCUT2D eigenvalue weighted by Gasteiger charge is -2.38. The summed E-state index contributed by atoms with van der Waals surface area (Å²) in [6.07, 6.45) is 0. The molecule has 0 radical (unpaired) electrons. The summed E-state index contributed by atoms with van der Waals surface area (Å²) in [4.78, 5) is 19.1. The quantitative estimate of drug-likeness (QED) is 0.472. The van der Waals surface area contributed by atoms with E-state index in [1.807, 2.05) is 23.3 Å². The Labute approximate surface area is 196 Å². The number of pyridine rings is 1. The minimum atomic E-state index is -0.459. The largest absolute Gasteiger partial charge is 0.494 e. The second kappa shape index (κ2) is 8.03. The summed E-state index contributed by atoms with van der Waals surface area (Å²) in [6.45, 7) is 9.33. The van der Waals surface area contributed by atoms with E-state index in [-0.39, 0.29) is 34.5 Å². The molecule has 8 heteroatoms. The molecule has 176 valence electrons. The molecule has 7 nitrogen and oxygen atoms in total. The van der Waals surface area contributed by atoms with E-state index < -0.39 is 5.82 Å². The Morgan fingerprint density at radius 1 is 1.18 bits per heavy atom. The number of methoxy groups -OCH3 is 1. The third-order valence-electron chi connectivity index (χ3n) is 6.65. The van der Waals surface area contributed by atoms with Crippen molar-refractivity contribution < 1.29 is 9.13 Å². The minimum absolute atomic E-state index is 0.134. The molecule has 5 rings (SSSR count). The van der Waals surface area contributed by atoms with Gasteiger partial charge in [0.15, 0.2) is 11.2 Å². The second-order valence-electron chi connectivity index (χ2n) is 9.52. The van der Waals surface area contributed by atoms with E-state index in [9.17, 15) is 10.1 Å². The lowest BCUT2D eigenvalue weighted by Crippen LogP contribution is -2.54. The summed E-state index contributed by atoms with van der Waals surface area (Å²) < 4.78 is 24.0. The zero-order valence-electron chi connectivity index (χ0n) is 20.0. The molecule has 0 unspecified atom stereocenters. The van der Waals surface area contributed by atoms with Crippen molar-refractivity contribution in [1.82, 2.24) is 14.9 Å².